The molecule has 2 aromatic rings. The summed E-state index contributed by atoms with van der Waals surface area (Å²) in [5.41, 5.74) is 2.69. The van der Waals surface area contributed by atoms with E-state index in [1.807, 2.05) is 19.1 Å². The molecule has 2 rings (SSSR count). The summed E-state index contributed by atoms with van der Waals surface area (Å²) in [6.45, 7) is 5.81. The molecule has 0 aliphatic carbocycles. The van der Waals surface area contributed by atoms with Crippen LogP contribution in [-0.2, 0) is 16.4 Å². The summed E-state index contributed by atoms with van der Waals surface area (Å²) in [4.78, 5) is 3.95. The van der Waals surface area contributed by atoms with Gasteiger partial charge in [0.2, 0.25) is 0 Å². The third kappa shape index (κ3) is 3.68. The first-order valence-corrected chi connectivity index (χ1v) is 7.62. The fourth-order valence-electron chi connectivity index (χ4n) is 1.76. The third-order valence-electron chi connectivity index (χ3n) is 2.66. The standard InChI is InChI=1S/C15H16N2O2S/c1-12(2)10-13-5-7-14(8-6-13)17-20(18,19)15-4-3-9-16-11-15/h3-9,11,17H,1,10H2,2H3. The molecule has 1 aromatic carbocycles. The number of aromatic nitrogens is 1. The van der Waals surface area contributed by atoms with Gasteiger partial charge in [-0.05, 0) is 43.2 Å². The van der Waals surface area contributed by atoms with Crippen molar-refractivity contribution >= 4 is 15.7 Å². The lowest BCUT2D eigenvalue weighted by Crippen LogP contribution is -2.13. The van der Waals surface area contributed by atoms with Crippen LogP contribution in [0.1, 0.15) is 12.5 Å². The molecule has 0 atom stereocenters. The van der Waals surface area contributed by atoms with E-state index in [4.69, 9.17) is 0 Å². The highest BCUT2D eigenvalue weighted by molar-refractivity contribution is 7.92. The Morgan fingerprint density at radius 1 is 1.25 bits per heavy atom. The molecule has 0 amide bonds. The number of nitrogens with zero attached hydrogens (tertiary/aromatic N) is 1. The quantitative estimate of drug-likeness (QED) is 0.860. The summed E-state index contributed by atoms with van der Waals surface area (Å²) >= 11 is 0. The van der Waals surface area contributed by atoms with Crippen LogP contribution in [0.15, 0.2) is 65.8 Å². The fourth-order valence-corrected chi connectivity index (χ4v) is 2.78. The van der Waals surface area contributed by atoms with Crippen LogP contribution in [-0.4, -0.2) is 13.4 Å². The molecule has 104 valence electrons. The number of sulfonamides is 1. The Hall–Kier alpha value is -2.14. The minimum Gasteiger partial charge on any atom is -0.280 e. The zero-order chi connectivity index (χ0) is 14.6. The van der Waals surface area contributed by atoms with Gasteiger partial charge in [0.1, 0.15) is 4.90 Å². The molecule has 1 N–H and O–H groups in total. The van der Waals surface area contributed by atoms with Crippen molar-refractivity contribution in [2.24, 2.45) is 0 Å². The van der Waals surface area contributed by atoms with Crippen molar-refractivity contribution in [3.05, 3.63) is 66.5 Å². The van der Waals surface area contributed by atoms with Gasteiger partial charge in [-0.3, -0.25) is 9.71 Å². The lowest BCUT2D eigenvalue weighted by Gasteiger charge is -2.08. The number of rotatable bonds is 5. The maximum Gasteiger partial charge on any atom is 0.263 e. The molecule has 4 nitrogen and oxygen atoms in total. The van der Waals surface area contributed by atoms with E-state index in [1.165, 1.54) is 18.5 Å². The van der Waals surface area contributed by atoms with Gasteiger partial charge in [-0.1, -0.05) is 24.3 Å². The molecule has 0 spiro atoms. The highest BCUT2D eigenvalue weighted by Crippen LogP contribution is 2.16. The smallest absolute Gasteiger partial charge is 0.263 e. The highest BCUT2D eigenvalue weighted by atomic mass is 32.2. The second kappa shape index (κ2) is 5.88. The van der Waals surface area contributed by atoms with Crippen molar-refractivity contribution in [3.63, 3.8) is 0 Å². The normalized spacial score (nSPS) is 11.1. The summed E-state index contributed by atoms with van der Waals surface area (Å²) in [6, 6.07) is 10.3. The second-order valence-electron chi connectivity index (χ2n) is 4.63. The third-order valence-corrected chi connectivity index (χ3v) is 4.02. The van der Waals surface area contributed by atoms with Gasteiger partial charge in [-0.15, -0.1) is 0 Å². The number of nitrogens with one attached hydrogen (secondary N) is 1. The summed E-state index contributed by atoms with van der Waals surface area (Å²) in [5.74, 6) is 0. The molecule has 0 aliphatic rings. The van der Waals surface area contributed by atoms with Gasteiger partial charge >= 0.3 is 0 Å². The van der Waals surface area contributed by atoms with Crippen molar-refractivity contribution in [2.45, 2.75) is 18.2 Å². The van der Waals surface area contributed by atoms with Gasteiger partial charge in [-0.2, -0.15) is 0 Å². The van der Waals surface area contributed by atoms with Gasteiger partial charge in [0.15, 0.2) is 0 Å². The van der Waals surface area contributed by atoms with Crippen LogP contribution in [0, 0.1) is 0 Å². The zero-order valence-electron chi connectivity index (χ0n) is 11.2. The van der Waals surface area contributed by atoms with Crippen LogP contribution in [0.2, 0.25) is 0 Å². The lowest BCUT2D eigenvalue weighted by molar-refractivity contribution is 0.601. The van der Waals surface area contributed by atoms with E-state index in [9.17, 15) is 8.42 Å². The Bertz CT molecular complexity index is 692. The minimum absolute atomic E-state index is 0.144. The van der Waals surface area contributed by atoms with Gasteiger partial charge < -0.3 is 0 Å². The number of hydrogen-bond acceptors (Lipinski definition) is 3. The molecule has 0 saturated heterocycles. The van der Waals surface area contributed by atoms with Crippen molar-refractivity contribution in [3.8, 4) is 0 Å². The van der Waals surface area contributed by atoms with E-state index in [-0.39, 0.29) is 4.90 Å². The Morgan fingerprint density at radius 3 is 2.50 bits per heavy atom. The number of allylic oxidation sites excluding steroid dienone is 1. The Labute approximate surface area is 119 Å². The van der Waals surface area contributed by atoms with Gasteiger partial charge in [0.25, 0.3) is 10.0 Å². The van der Waals surface area contributed by atoms with Crippen molar-refractivity contribution < 1.29 is 8.42 Å². The first kappa shape index (κ1) is 14.3. The molecule has 0 unspecified atom stereocenters. The van der Waals surface area contributed by atoms with Crippen LogP contribution in [0.3, 0.4) is 0 Å². The molecule has 20 heavy (non-hydrogen) atoms. The number of hydrogen-bond donors (Lipinski definition) is 1. The van der Waals surface area contributed by atoms with Crippen LogP contribution in [0.25, 0.3) is 0 Å². The van der Waals surface area contributed by atoms with Crippen molar-refractivity contribution in [1.29, 1.82) is 0 Å². The SMILES string of the molecule is C=C(C)Cc1ccc(NS(=O)(=O)c2cccnc2)cc1. The van der Waals surface area contributed by atoms with Crippen LogP contribution in [0.4, 0.5) is 5.69 Å². The predicted molar refractivity (Wildman–Crippen MR) is 80.0 cm³/mol. The van der Waals surface area contributed by atoms with Gasteiger partial charge in [0.05, 0.1) is 0 Å². The summed E-state index contributed by atoms with van der Waals surface area (Å²) in [5, 5.41) is 0. The molecule has 5 heteroatoms. The van der Waals surface area contributed by atoms with Crippen molar-refractivity contribution in [2.75, 3.05) is 4.72 Å². The van der Waals surface area contributed by atoms with Gasteiger partial charge in [-0.25, -0.2) is 8.42 Å². The molecule has 0 aliphatic heterocycles. The lowest BCUT2D eigenvalue weighted by atomic mass is 10.1. The topological polar surface area (TPSA) is 59.1 Å². The van der Waals surface area contributed by atoms with E-state index in [2.05, 4.69) is 16.3 Å². The fraction of sp³-hybridized carbons (Fsp3) is 0.133. The van der Waals surface area contributed by atoms with E-state index < -0.39 is 10.0 Å². The largest absolute Gasteiger partial charge is 0.280 e. The Balaban J connectivity index is 2.16. The number of pyridine rings is 1. The highest BCUT2D eigenvalue weighted by Gasteiger charge is 2.13. The first-order valence-electron chi connectivity index (χ1n) is 6.13. The number of anilines is 1. The molecule has 0 radical (unpaired) electrons. The molecule has 0 fully saturated rings. The Kier molecular flexibility index (Phi) is 4.20. The molecular weight excluding hydrogens is 272 g/mol. The van der Waals surface area contributed by atoms with Crippen LogP contribution in [0.5, 0.6) is 0 Å². The predicted octanol–water partition coefficient (Wildman–Crippen LogP) is 3.00. The van der Waals surface area contributed by atoms with Gasteiger partial charge in [0, 0.05) is 18.1 Å². The summed E-state index contributed by atoms with van der Waals surface area (Å²) < 4.78 is 26.7. The molecule has 0 bridgehead atoms. The molecule has 0 saturated carbocycles. The summed E-state index contributed by atoms with van der Waals surface area (Å²) in [7, 11) is -3.58. The number of benzene rings is 1. The minimum atomic E-state index is -3.58. The molecular formula is C15H16N2O2S. The average Bonchev–Trinajstić information content (AvgIpc) is 2.41. The van der Waals surface area contributed by atoms with E-state index >= 15 is 0 Å². The summed E-state index contributed by atoms with van der Waals surface area (Å²) in [6.07, 6.45) is 3.64. The van der Waals surface area contributed by atoms with E-state index in [0.717, 1.165) is 17.6 Å². The van der Waals surface area contributed by atoms with Crippen LogP contribution >= 0.6 is 0 Å². The maximum absolute atomic E-state index is 12.1. The monoisotopic (exact) mass is 288 g/mol. The van der Waals surface area contributed by atoms with Crippen molar-refractivity contribution in [1.82, 2.24) is 4.98 Å². The van der Waals surface area contributed by atoms with E-state index in [0.29, 0.717) is 5.69 Å². The first-order chi connectivity index (χ1) is 9.47. The maximum atomic E-state index is 12.1. The van der Waals surface area contributed by atoms with Crippen LogP contribution < -0.4 is 4.72 Å². The zero-order valence-corrected chi connectivity index (χ0v) is 12.0. The molecule has 1 heterocycles. The average molecular weight is 288 g/mol. The van der Waals surface area contributed by atoms with E-state index in [1.54, 1.807) is 18.2 Å². The Morgan fingerprint density at radius 2 is 1.95 bits per heavy atom. The molecule has 1 aromatic heterocycles. The second-order valence-corrected chi connectivity index (χ2v) is 6.31.